The maximum atomic E-state index is 12.9. The summed E-state index contributed by atoms with van der Waals surface area (Å²) < 4.78 is 12.9. The van der Waals surface area contributed by atoms with Crippen molar-refractivity contribution in [3.63, 3.8) is 0 Å². The number of hydrogen-bond acceptors (Lipinski definition) is 3. The Morgan fingerprint density at radius 1 is 1.38 bits per heavy atom. The molecular weight excluding hydrogens is 287 g/mol. The van der Waals surface area contributed by atoms with Gasteiger partial charge in [0.25, 0.3) is 5.91 Å². The van der Waals surface area contributed by atoms with Crippen LogP contribution in [0, 0.1) is 17.7 Å². The van der Waals surface area contributed by atoms with E-state index in [0.29, 0.717) is 18.7 Å². The Kier molecular flexibility index (Phi) is 5.09. The van der Waals surface area contributed by atoms with Crippen molar-refractivity contribution in [3.8, 4) is 11.8 Å². The summed E-state index contributed by atoms with van der Waals surface area (Å²) in [5.74, 6) is 5.26. The van der Waals surface area contributed by atoms with Gasteiger partial charge in [0.15, 0.2) is 0 Å². The van der Waals surface area contributed by atoms with Crippen molar-refractivity contribution in [1.82, 2.24) is 4.90 Å². The van der Waals surface area contributed by atoms with Crippen molar-refractivity contribution < 1.29 is 9.18 Å². The first-order valence-corrected chi connectivity index (χ1v) is 7.25. The van der Waals surface area contributed by atoms with Crippen LogP contribution < -0.4 is 5.73 Å². The van der Waals surface area contributed by atoms with Gasteiger partial charge in [-0.2, -0.15) is 0 Å². The van der Waals surface area contributed by atoms with E-state index >= 15 is 0 Å². The third-order valence-electron chi connectivity index (χ3n) is 2.82. The molecule has 0 saturated heterocycles. The standard InChI is InChI=1S/C16H15FN2OS/c1-19(16(20)13-4-6-14(17)7-5-13)10-15-9-12(11-21-15)3-2-8-18/h4-7,9,11H,8,10,18H2,1H3. The Labute approximate surface area is 127 Å². The van der Waals surface area contributed by atoms with Crippen LogP contribution in [0.15, 0.2) is 35.7 Å². The quantitative estimate of drug-likeness (QED) is 0.885. The molecule has 5 heteroatoms. The highest BCUT2D eigenvalue weighted by atomic mass is 32.1. The molecule has 0 aliphatic rings. The molecule has 1 aromatic carbocycles. The number of hydrogen-bond donors (Lipinski definition) is 1. The second-order valence-corrected chi connectivity index (χ2v) is 5.47. The highest BCUT2D eigenvalue weighted by Crippen LogP contribution is 2.17. The van der Waals surface area contributed by atoms with Crippen molar-refractivity contribution >= 4 is 17.2 Å². The Balaban J connectivity index is 2.03. The van der Waals surface area contributed by atoms with Gasteiger partial charge in [0.2, 0.25) is 0 Å². The summed E-state index contributed by atoms with van der Waals surface area (Å²) in [4.78, 5) is 14.8. The molecule has 0 saturated carbocycles. The zero-order valence-corrected chi connectivity index (χ0v) is 12.4. The molecule has 1 heterocycles. The van der Waals surface area contributed by atoms with E-state index in [9.17, 15) is 9.18 Å². The minimum Gasteiger partial charge on any atom is -0.337 e. The minimum absolute atomic E-state index is 0.141. The molecule has 21 heavy (non-hydrogen) atoms. The second kappa shape index (κ2) is 7.02. The van der Waals surface area contributed by atoms with Gasteiger partial charge in [-0.25, -0.2) is 4.39 Å². The van der Waals surface area contributed by atoms with Gasteiger partial charge in [-0.3, -0.25) is 4.79 Å². The molecule has 0 radical (unpaired) electrons. The minimum atomic E-state index is -0.351. The van der Waals surface area contributed by atoms with E-state index < -0.39 is 0 Å². The van der Waals surface area contributed by atoms with Crippen LogP contribution in [0.25, 0.3) is 0 Å². The largest absolute Gasteiger partial charge is 0.337 e. The van der Waals surface area contributed by atoms with Crippen molar-refractivity contribution in [3.05, 3.63) is 57.5 Å². The van der Waals surface area contributed by atoms with Crippen LogP contribution in [0.2, 0.25) is 0 Å². The number of nitrogens with two attached hydrogens (primary N) is 1. The summed E-state index contributed by atoms with van der Waals surface area (Å²) in [6.45, 7) is 0.819. The number of nitrogens with zero attached hydrogens (tertiary/aromatic N) is 1. The number of halogens is 1. The molecule has 3 nitrogen and oxygen atoms in total. The highest BCUT2D eigenvalue weighted by molar-refractivity contribution is 7.10. The predicted octanol–water partition coefficient (Wildman–Crippen LogP) is 2.47. The number of benzene rings is 1. The monoisotopic (exact) mass is 302 g/mol. The fourth-order valence-electron chi connectivity index (χ4n) is 1.80. The zero-order valence-electron chi connectivity index (χ0n) is 11.6. The molecule has 0 aliphatic carbocycles. The van der Waals surface area contributed by atoms with E-state index in [4.69, 9.17) is 5.73 Å². The topological polar surface area (TPSA) is 46.3 Å². The molecule has 0 atom stereocenters. The molecule has 0 spiro atoms. The van der Waals surface area contributed by atoms with Gasteiger partial charge in [-0.1, -0.05) is 11.8 Å². The number of carbonyl (C=O) groups excluding carboxylic acids is 1. The smallest absolute Gasteiger partial charge is 0.253 e. The predicted molar refractivity (Wildman–Crippen MR) is 82.4 cm³/mol. The molecular formula is C16H15FN2OS. The van der Waals surface area contributed by atoms with E-state index in [2.05, 4.69) is 11.8 Å². The van der Waals surface area contributed by atoms with E-state index in [1.807, 2.05) is 11.4 Å². The lowest BCUT2D eigenvalue weighted by Gasteiger charge is -2.16. The van der Waals surface area contributed by atoms with Crippen molar-refractivity contribution in [2.45, 2.75) is 6.54 Å². The third-order valence-corrected chi connectivity index (χ3v) is 3.74. The summed E-state index contributed by atoms with van der Waals surface area (Å²) in [6.07, 6.45) is 0. The molecule has 0 unspecified atom stereocenters. The highest BCUT2D eigenvalue weighted by Gasteiger charge is 2.12. The molecule has 0 aliphatic heterocycles. The van der Waals surface area contributed by atoms with E-state index in [1.165, 1.54) is 24.3 Å². The average Bonchev–Trinajstić information content (AvgIpc) is 2.92. The molecule has 1 amide bonds. The van der Waals surface area contributed by atoms with Gasteiger partial charge in [0, 0.05) is 28.4 Å². The molecule has 108 valence electrons. The lowest BCUT2D eigenvalue weighted by Crippen LogP contribution is -2.25. The summed E-state index contributed by atoms with van der Waals surface area (Å²) >= 11 is 1.55. The van der Waals surface area contributed by atoms with Gasteiger partial charge >= 0.3 is 0 Å². The lowest BCUT2D eigenvalue weighted by atomic mass is 10.2. The lowest BCUT2D eigenvalue weighted by molar-refractivity contribution is 0.0786. The maximum Gasteiger partial charge on any atom is 0.253 e. The summed E-state index contributed by atoms with van der Waals surface area (Å²) in [5, 5.41) is 1.94. The number of thiophene rings is 1. The fraction of sp³-hybridized carbons (Fsp3) is 0.188. The van der Waals surface area contributed by atoms with Crippen LogP contribution >= 0.6 is 11.3 Å². The Morgan fingerprint density at radius 2 is 2.10 bits per heavy atom. The number of amides is 1. The summed E-state index contributed by atoms with van der Waals surface area (Å²) in [7, 11) is 1.72. The average molecular weight is 302 g/mol. The molecule has 1 aromatic heterocycles. The maximum absolute atomic E-state index is 12.9. The Morgan fingerprint density at radius 3 is 2.76 bits per heavy atom. The van der Waals surface area contributed by atoms with E-state index in [0.717, 1.165) is 10.4 Å². The van der Waals surface area contributed by atoms with E-state index in [1.54, 1.807) is 23.3 Å². The van der Waals surface area contributed by atoms with Gasteiger partial charge in [-0.05, 0) is 30.3 Å². The first kappa shape index (κ1) is 15.2. The third kappa shape index (κ3) is 4.15. The Hall–Kier alpha value is -2.16. The van der Waals surface area contributed by atoms with Crippen LogP contribution in [0.5, 0.6) is 0 Å². The molecule has 2 N–H and O–H groups in total. The number of carbonyl (C=O) groups is 1. The fourth-order valence-corrected chi connectivity index (χ4v) is 2.67. The van der Waals surface area contributed by atoms with Gasteiger partial charge < -0.3 is 10.6 Å². The molecule has 0 fully saturated rings. The normalized spacial score (nSPS) is 9.86. The summed E-state index contributed by atoms with van der Waals surface area (Å²) in [5.41, 5.74) is 6.71. The van der Waals surface area contributed by atoms with Crippen LogP contribution in [-0.4, -0.2) is 24.4 Å². The summed E-state index contributed by atoms with van der Waals surface area (Å²) in [6, 6.07) is 7.49. The Bertz CT molecular complexity index is 682. The second-order valence-electron chi connectivity index (χ2n) is 4.48. The van der Waals surface area contributed by atoms with Crippen LogP contribution in [0.3, 0.4) is 0 Å². The molecule has 2 rings (SSSR count). The van der Waals surface area contributed by atoms with Crippen molar-refractivity contribution in [1.29, 1.82) is 0 Å². The zero-order chi connectivity index (χ0) is 15.2. The van der Waals surface area contributed by atoms with Crippen molar-refractivity contribution in [2.24, 2.45) is 5.73 Å². The van der Waals surface area contributed by atoms with Crippen LogP contribution in [0.4, 0.5) is 4.39 Å². The van der Waals surface area contributed by atoms with Crippen LogP contribution in [-0.2, 0) is 6.54 Å². The molecule has 2 aromatic rings. The van der Waals surface area contributed by atoms with Gasteiger partial charge in [0.05, 0.1) is 13.1 Å². The van der Waals surface area contributed by atoms with E-state index in [-0.39, 0.29) is 11.7 Å². The number of rotatable bonds is 3. The molecule has 0 bridgehead atoms. The first-order chi connectivity index (χ1) is 10.1. The van der Waals surface area contributed by atoms with Gasteiger partial charge in [-0.15, -0.1) is 11.3 Å². The SMILES string of the molecule is CN(Cc1cc(C#CCN)cs1)C(=O)c1ccc(F)cc1. The van der Waals surface area contributed by atoms with Gasteiger partial charge in [0.1, 0.15) is 5.82 Å². The first-order valence-electron chi connectivity index (χ1n) is 6.37. The van der Waals surface area contributed by atoms with Crippen molar-refractivity contribution in [2.75, 3.05) is 13.6 Å². The van der Waals surface area contributed by atoms with Crippen LogP contribution in [0.1, 0.15) is 20.8 Å².